The van der Waals surface area contributed by atoms with Gasteiger partial charge in [0.25, 0.3) is 11.6 Å². The van der Waals surface area contributed by atoms with Crippen molar-refractivity contribution in [2.45, 2.75) is 18.7 Å². The Morgan fingerprint density at radius 2 is 2.05 bits per heavy atom. The topological polar surface area (TPSA) is 102 Å². The van der Waals surface area contributed by atoms with Gasteiger partial charge in [0.15, 0.2) is 5.60 Å². The number of nitro groups is 1. The maximum absolute atomic E-state index is 12.8. The van der Waals surface area contributed by atoms with Crippen molar-refractivity contribution in [2.24, 2.45) is 0 Å². The summed E-state index contributed by atoms with van der Waals surface area (Å²) in [7, 11) is 1.23. The number of benzene rings is 1. The van der Waals surface area contributed by atoms with Crippen molar-refractivity contribution in [3.05, 3.63) is 33.9 Å². The van der Waals surface area contributed by atoms with E-state index in [1.54, 1.807) is 0 Å². The fraction of sp³-hybridized carbons (Fsp3) is 0.417. The molecule has 0 aliphatic rings. The maximum Gasteiger partial charge on any atom is 0.423 e. The van der Waals surface area contributed by atoms with Crippen LogP contribution in [0.25, 0.3) is 0 Å². The number of carbonyl (C=O) groups is 1. The molecule has 0 unspecified atom stereocenters. The van der Waals surface area contributed by atoms with Crippen LogP contribution < -0.4 is 5.32 Å². The standard InChI is InChI=1S/C12H13F3N2O5/c1-11(19,6-22-2)10(18)16-7-3-4-9(17(20)21)8(5-7)12(13,14)15/h3-5,19H,6H2,1-2H3,(H,16,18)/t11-/m0/s1. The van der Waals surface area contributed by atoms with Crippen molar-refractivity contribution in [3.8, 4) is 0 Å². The number of anilines is 1. The van der Waals surface area contributed by atoms with Crippen molar-refractivity contribution in [3.63, 3.8) is 0 Å². The van der Waals surface area contributed by atoms with Gasteiger partial charge in [-0.25, -0.2) is 0 Å². The third kappa shape index (κ3) is 4.15. The number of rotatable bonds is 5. The van der Waals surface area contributed by atoms with Crippen molar-refractivity contribution in [2.75, 3.05) is 19.0 Å². The largest absolute Gasteiger partial charge is 0.423 e. The molecule has 1 rings (SSSR count). The molecule has 10 heteroatoms. The Balaban J connectivity index is 3.13. The lowest BCUT2D eigenvalue weighted by Crippen LogP contribution is -2.43. The number of alkyl halides is 3. The molecule has 1 aromatic rings. The number of amides is 1. The molecule has 122 valence electrons. The van der Waals surface area contributed by atoms with Gasteiger partial charge in [-0.05, 0) is 19.1 Å². The number of methoxy groups -OCH3 is 1. The van der Waals surface area contributed by atoms with E-state index in [1.807, 2.05) is 0 Å². The van der Waals surface area contributed by atoms with E-state index < -0.39 is 33.9 Å². The van der Waals surface area contributed by atoms with Gasteiger partial charge in [0.2, 0.25) is 0 Å². The second kappa shape index (κ2) is 6.28. The number of halogens is 3. The van der Waals surface area contributed by atoms with E-state index in [1.165, 1.54) is 7.11 Å². The summed E-state index contributed by atoms with van der Waals surface area (Å²) in [6.07, 6.45) is -4.96. The van der Waals surface area contributed by atoms with Crippen molar-refractivity contribution in [1.29, 1.82) is 0 Å². The third-order valence-electron chi connectivity index (χ3n) is 2.67. The molecular formula is C12H13F3N2O5. The zero-order valence-corrected chi connectivity index (χ0v) is 11.6. The number of nitrogens with zero attached hydrogens (tertiary/aromatic N) is 1. The molecular weight excluding hydrogens is 309 g/mol. The molecule has 0 saturated carbocycles. The smallest absolute Gasteiger partial charge is 0.381 e. The molecule has 0 aliphatic carbocycles. The summed E-state index contributed by atoms with van der Waals surface area (Å²) in [6, 6.07) is 2.00. The van der Waals surface area contributed by atoms with Crippen LogP contribution in [0.4, 0.5) is 24.5 Å². The van der Waals surface area contributed by atoms with Gasteiger partial charge < -0.3 is 15.2 Å². The Bertz CT molecular complexity index is 587. The minimum atomic E-state index is -4.96. The van der Waals surface area contributed by atoms with E-state index in [0.717, 1.165) is 13.0 Å². The van der Waals surface area contributed by atoms with Crippen molar-refractivity contribution >= 4 is 17.3 Å². The fourth-order valence-corrected chi connectivity index (χ4v) is 1.61. The molecule has 1 aromatic carbocycles. The Kier molecular flexibility index (Phi) is 5.09. The van der Waals surface area contributed by atoms with Gasteiger partial charge in [-0.15, -0.1) is 0 Å². The van der Waals surface area contributed by atoms with Crippen LogP contribution in [-0.2, 0) is 15.7 Å². The molecule has 0 saturated heterocycles. The van der Waals surface area contributed by atoms with Gasteiger partial charge in [-0.2, -0.15) is 13.2 Å². The lowest BCUT2D eigenvalue weighted by molar-refractivity contribution is -0.388. The highest BCUT2D eigenvalue weighted by atomic mass is 19.4. The number of nitro benzene ring substituents is 1. The van der Waals surface area contributed by atoms with E-state index in [2.05, 4.69) is 10.1 Å². The van der Waals surface area contributed by atoms with E-state index in [-0.39, 0.29) is 12.3 Å². The van der Waals surface area contributed by atoms with Crippen molar-refractivity contribution in [1.82, 2.24) is 0 Å². The summed E-state index contributed by atoms with van der Waals surface area (Å²) < 4.78 is 43.0. The van der Waals surface area contributed by atoms with Gasteiger partial charge in [-0.1, -0.05) is 0 Å². The molecule has 1 amide bonds. The lowest BCUT2D eigenvalue weighted by Gasteiger charge is -2.21. The monoisotopic (exact) mass is 322 g/mol. The van der Waals surface area contributed by atoms with Crippen molar-refractivity contribution < 1.29 is 32.7 Å². The third-order valence-corrected chi connectivity index (χ3v) is 2.67. The van der Waals surface area contributed by atoms with Crippen LogP contribution in [0, 0.1) is 10.1 Å². The minimum Gasteiger partial charge on any atom is -0.381 e. The fourth-order valence-electron chi connectivity index (χ4n) is 1.61. The molecule has 0 aromatic heterocycles. The second-order valence-corrected chi connectivity index (χ2v) is 4.65. The number of hydrogen-bond donors (Lipinski definition) is 2. The molecule has 0 radical (unpaired) electrons. The SMILES string of the molecule is COC[C@](C)(O)C(=O)Nc1ccc([N+](=O)[O-])c(C(F)(F)F)c1. The highest BCUT2D eigenvalue weighted by Gasteiger charge is 2.39. The number of nitrogens with one attached hydrogen (secondary N) is 1. The Labute approximate surface area is 122 Å². The lowest BCUT2D eigenvalue weighted by atomic mass is 10.1. The first-order valence-corrected chi connectivity index (χ1v) is 5.87. The second-order valence-electron chi connectivity index (χ2n) is 4.65. The van der Waals surface area contributed by atoms with Crippen LogP contribution >= 0.6 is 0 Å². The summed E-state index contributed by atoms with van der Waals surface area (Å²) in [5.74, 6) is -1.00. The number of ether oxygens (including phenoxy) is 1. The molecule has 1 atom stereocenters. The quantitative estimate of drug-likeness (QED) is 0.637. The zero-order valence-electron chi connectivity index (χ0n) is 11.6. The van der Waals surface area contributed by atoms with Crippen LogP contribution in [0.2, 0.25) is 0 Å². The van der Waals surface area contributed by atoms with E-state index in [4.69, 9.17) is 0 Å². The molecule has 0 heterocycles. The summed E-state index contributed by atoms with van der Waals surface area (Å²) in [5.41, 5.74) is -4.93. The summed E-state index contributed by atoms with van der Waals surface area (Å²) in [5, 5.41) is 22.4. The molecule has 0 bridgehead atoms. The molecule has 0 aliphatic heterocycles. The average Bonchev–Trinajstić information content (AvgIpc) is 2.37. The highest BCUT2D eigenvalue weighted by Crippen LogP contribution is 2.37. The number of aliphatic hydroxyl groups is 1. The Morgan fingerprint density at radius 3 is 2.50 bits per heavy atom. The normalized spacial score (nSPS) is 14.3. The van der Waals surface area contributed by atoms with Gasteiger partial charge in [0.05, 0.1) is 11.5 Å². The van der Waals surface area contributed by atoms with E-state index in [0.29, 0.717) is 12.1 Å². The average molecular weight is 322 g/mol. The van der Waals surface area contributed by atoms with Crippen LogP contribution in [0.5, 0.6) is 0 Å². The van der Waals surface area contributed by atoms with Crippen LogP contribution in [0.1, 0.15) is 12.5 Å². The molecule has 22 heavy (non-hydrogen) atoms. The first-order valence-electron chi connectivity index (χ1n) is 5.87. The molecule has 7 nitrogen and oxygen atoms in total. The molecule has 0 spiro atoms. The Hall–Kier alpha value is -2.20. The van der Waals surface area contributed by atoms with E-state index in [9.17, 15) is 33.2 Å². The van der Waals surface area contributed by atoms with E-state index >= 15 is 0 Å². The first-order chi connectivity index (χ1) is 9.99. The van der Waals surface area contributed by atoms with Gasteiger partial charge in [0.1, 0.15) is 5.56 Å². The first kappa shape index (κ1) is 17.9. The predicted octanol–water partition coefficient (Wildman–Crippen LogP) is 1.95. The predicted molar refractivity (Wildman–Crippen MR) is 69.2 cm³/mol. The molecule has 2 N–H and O–H groups in total. The van der Waals surface area contributed by atoms with Crippen LogP contribution in [0.3, 0.4) is 0 Å². The number of carbonyl (C=O) groups excluding carboxylic acids is 1. The highest BCUT2D eigenvalue weighted by molar-refractivity contribution is 5.97. The maximum atomic E-state index is 12.8. The molecule has 0 fully saturated rings. The minimum absolute atomic E-state index is 0.334. The van der Waals surface area contributed by atoms with Gasteiger partial charge in [-0.3, -0.25) is 14.9 Å². The Morgan fingerprint density at radius 1 is 1.45 bits per heavy atom. The van der Waals surface area contributed by atoms with Gasteiger partial charge in [0, 0.05) is 18.9 Å². The summed E-state index contributed by atoms with van der Waals surface area (Å²) in [6.45, 7) is 0.736. The van der Waals surface area contributed by atoms with Gasteiger partial charge >= 0.3 is 6.18 Å². The number of hydrogen-bond acceptors (Lipinski definition) is 5. The summed E-state index contributed by atoms with van der Waals surface area (Å²) in [4.78, 5) is 21.2. The summed E-state index contributed by atoms with van der Waals surface area (Å²) >= 11 is 0. The zero-order chi connectivity index (χ0) is 17.1. The van der Waals surface area contributed by atoms with Crippen LogP contribution in [-0.4, -0.2) is 35.3 Å². The van der Waals surface area contributed by atoms with Crippen LogP contribution in [0.15, 0.2) is 18.2 Å².